The second-order valence-electron chi connectivity index (χ2n) is 4.02. The quantitative estimate of drug-likeness (QED) is 0.656. The Morgan fingerprint density at radius 1 is 1.16 bits per heavy atom. The highest BCUT2D eigenvalue weighted by Crippen LogP contribution is 2.33. The minimum absolute atomic E-state index is 0.357. The van der Waals surface area contributed by atoms with Gasteiger partial charge in [0.1, 0.15) is 0 Å². The molecule has 0 bridgehead atoms. The van der Waals surface area contributed by atoms with Crippen molar-refractivity contribution in [3.63, 3.8) is 0 Å². The van der Waals surface area contributed by atoms with E-state index >= 15 is 0 Å². The van der Waals surface area contributed by atoms with Crippen molar-refractivity contribution < 1.29 is 17.6 Å². The Morgan fingerprint density at radius 3 is 2.26 bits per heavy atom. The van der Waals surface area contributed by atoms with Crippen LogP contribution < -0.4 is 0 Å². The van der Waals surface area contributed by atoms with Crippen LogP contribution in [0, 0.1) is 0 Å². The first-order valence-electron chi connectivity index (χ1n) is 5.41. The van der Waals surface area contributed by atoms with Crippen LogP contribution >= 0.6 is 27.5 Å². The van der Waals surface area contributed by atoms with Gasteiger partial charge in [-0.3, -0.25) is 0 Å². The first kappa shape index (κ1) is 14.5. The third-order valence-electron chi connectivity index (χ3n) is 2.68. The number of furan rings is 1. The van der Waals surface area contributed by atoms with E-state index in [0.717, 1.165) is 23.3 Å². The summed E-state index contributed by atoms with van der Waals surface area (Å²) in [5.74, 6) is 0. The smallest absolute Gasteiger partial charge is 0.416 e. The third kappa shape index (κ3) is 3.54. The van der Waals surface area contributed by atoms with E-state index in [9.17, 15) is 13.2 Å². The van der Waals surface area contributed by atoms with Gasteiger partial charge in [-0.2, -0.15) is 13.2 Å². The van der Waals surface area contributed by atoms with Gasteiger partial charge in [-0.05, 0) is 46.1 Å². The lowest BCUT2D eigenvalue weighted by Gasteiger charge is -2.10. The van der Waals surface area contributed by atoms with Crippen molar-refractivity contribution in [3.05, 3.63) is 58.0 Å². The highest BCUT2D eigenvalue weighted by atomic mass is 79.9. The van der Waals surface area contributed by atoms with E-state index in [-0.39, 0.29) is 5.38 Å². The molecule has 0 saturated heterocycles. The molecule has 2 rings (SSSR count). The summed E-state index contributed by atoms with van der Waals surface area (Å²) in [5, 5.41) is -0.357. The van der Waals surface area contributed by atoms with Crippen molar-refractivity contribution in [2.45, 2.75) is 18.0 Å². The maximum absolute atomic E-state index is 12.4. The fraction of sp³-hybridized carbons (Fsp3) is 0.231. The fourth-order valence-corrected chi connectivity index (χ4v) is 2.67. The molecule has 1 heterocycles. The summed E-state index contributed by atoms with van der Waals surface area (Å²) in [6.45, 7) is 0. The zero-order valence-electron chi connectivity index (χ0n) is 9.55. The van der Waals surface area contributed by atoms with Crippen molar-refractivity contribution in [3.8, 4) is 0 Å². The summed E-state index contributed by atoms with van der Waals surface area (Å²) in [5.41, 5.74) is 0.856. The van der Waals surface area contributed by atoms with Crippen LogP contribution in [0.3, 0.4) is 0 Å². The van der Waals surface area contributed by atoms with Crippen LogP contribution in [0.4, 0.5) is 13.2 Å². The molecule has 0 fully saturated rings. The van der Waals surface area contributed by atoms with E-state index in [1.54, 1.807) is 6.07 Å². The topological polar surface area (TPSA) is 13.1 Å². The number of hydrogen-bond donors (Lipinski definition) is 0. The van der Waals surface area contributed by atoms with Gasteiger partial charge in [0.2, 0.25) is 0 Å². The predicted octanol–water partition coefficient (Wildman–Crippen LogP) is 5.58. The Bertz CT molecular complexity index is 548. The largest absolute Gasteiger partial charge is 0.457 e. The second-order valence-corrected chi connectivity index (χ2v) is 5.26. The lowest BCUT2D eigenvalue weighted by molar-refractivity contribution is -0.137. The van der Waals surface area contributed by atoms with E-state index < -0.39 is 11.7 Å². The van der Waals surface area contributed by atoms with Gasteiger partial charge in [0.05, 0.1) is 17.2 Å². The Labute approximate surface area is 121 Å². The molecule has 19 heavy (non-hydrogen) atoms. The van der Waals surface area contributed by atoms with Crippen LogP contribution in [-0.2, 0) is 12.6 Å². The molecule has 1 atom stereocenters. The van der Waals surface area contributed by atoms with Gasteiger partial charge in [-0.15, -0.1) is 11.6 Å². The number of halogens is 5. The first-order chi connectivity index (χ1) is 8.88. The average molecular weight is 354 g/mol. The Kier molecular flexibility index (Phi) is 4.26. The molecule has 0 N–H and O–H groups in total. The summed E-state index contributed by atoms with van der Waals surface area (Å²) < 4.78 is 42.9. The predicted molar refractivity (Wildman–Crippen MR) is 70.2 cm³/mol. The van der Waals surface area contributed by atoms with Gasteiger partial charge >= 0.3 is 6.18 Å². The molecule has 0 aliphatic rings. The standard InChI is InChI=1S/C13H9BrClF3O/c14-12-10(5-6-19-12)11(15)7-8-1-3-9(4-2-8)13(16,17)18/h1-6,11H,7H2. The van der Waals surface area contributed by atoms with Crippen molar-refractivity contribution >= 4 is 27.5 Å². The maximum Gasteiger partial charge on any atom is 0.416 e. The summed E-state index contributed by atoms with van der Waals surface area (Å²) in [7, 11) is 0. The normalized spacial score (nSPS) is 13.5. The summed E-state index contributed by atoms with van der Waals surface area (Å²) in [6.07, 6.45) is -2.38. The van der Waals surface area contributed by atoms with Gasteiger partial charge in [-0.25, -0.2) is 0 Å². The minimum Gasteiger partial charge on any atom is -0.457 e. The van der Waals surface area contributed by atoms with Gasteiger partial charge in [-0.1, -0.05) is 12.1 Å². The van der Waals surface area contributed by atoms with Crippen LogP contribution in [0.5, 0.6) is 0 Å². The summed E-state index contributed by atoms with van der Waals surface area (Å²) >= 11 is 9.42. The van der Waals surface area contributed by atoms with Gasteiger partial charge < -0.3 is 4.42 Å². The van der Waals surface area contributed by atoms with E-state index in [2.05, 4.69) is 15.9 Å². The van der Waals surface area contributed by atoms with Crippen LogP contribution in [0.2, 0.25) is 0 Å². The maximum atomic E-state index is 12.4. The van der Waals surface area contributed by atoms with E-state index in [0.29, 0.717) is 11.1 Å². The highest BCUT2D eigenvalue weighted by Gasteiger charge is 2.30. The van der Waals surface area contributed by atoms with Crippen molar-refractivity contribution in [2.24, 2.45) is 0 Å². The zero-order valence-corrected chi connectivity index (χ0v) is 11.9. The Morgan fingerprint density at radius 2 is 1.79 bits per heavy atom. The molecule has 1 unspecified atom stereocenters. The van der Waals surface area contributed by atoms with E-state index in [1.807, 2.05) is 0 Å². The molecular formula is C13H9BrClF3O. The molecule has 0 radical (unpaired) electrons. The molecule has 1 nitrogen and oxygen atoms in total. The van der Waals surface area contributed by atoms with Crippen molar-refractivity contribution in [1.29, 1.82) is 0 Å². The molecule has 6 heteroatoms. The van der Waals surface area contributed by atoms with E-state index in [1.165, 1.54) is 18.4 Å². The molecule has 0 aliphatic heterocycles. The Hall–Kier alpha value is -0.940. The second kappa shape index (κ2) is 5.59. The molecule has 0 amide bonds. The number of rotatable bonds is 3. The molecule has 102 valence electrons. The zero-order chi connectivity index (χ0) is 14.0. The van der Waals surface area contributed by atoms with Crippen molar-refractivity contribution in [1.82, 2.24) is 0 Å². The van der Waals surface area contributed by atoms with Crippen LogP contribution in [0.15, 0.2) is 45.7 Å². The molecule has 1 aromatic carbocycles. The van der Waals surface area contributed by atoms with Gasteiger partial charge in [0, 0.05) is 5.56 Å². The molecule has 1 aromatic heterocycles. The van der Waals surface area contributed by atoms with Gasteiger partial charge in [0.15, 0.2) is 4.67 Å². The highest BCUT2D eigenvalue weighted by molar-refractivity contribution is 9.10. The molecule has 0 aliphatic carbocycles. The lowest BCUT2D eigenvalue weighted by Crippen LogP contribution is -2.05. The molecule has 2 aromatic rings. The summed E-state index contributed by atoms with van der Waals surface area (Å²) in [6, 6.07) is 6.72. The van der Waals surface area contributed by atoms with Crippen LogP contribution in [0.1, 0.15) is 22.1 Å². The number of hydrogen-bond acceptors (Lipinski definition) is 1. The monoisotopic (exact) mass is 352 g/mol. The molecular weight excluding hydrogens is 344 g/mol. The van der Waals surface area contributed by atoms with Gasteiger partial charge in [0.25, 0.3) is 0 Å². The molecule has 0 saturated carbocycles. The van der Waals surface area contributed by atoms with Crippen LogP contribution in [-0.4, -0.2) is 0 Å². The first-order valence-corrected chi connectivity index (χ1v) is 6.64. The fourth-order valence-electron chi connectivity index (χ4n) is 1.67. The molecule has 0 spiro atoms. The van der Waals surface area contributed by atoms with Crippen molar-refractivity contribution in [2.75, 3.05) is 0 Å². The lowest BCUT2D eigenvalue weighted by atomic mass is 10.0. The summed E-state index contributed by atoms with van der Waals surface area (Å²) in [4.78, 5) is 0. The van der Waals surface area contributed by atoms with E-state index in [4.69, 9.17) is 16.0 Å². The number of benzene rings is 1. The minimum atomic E-state index is -4.31. The average Bonchev–Trinajstić information content (AvgIpc) is 2.75. The van der Waals surface area contributed by atoms with Crippen LogP contribution in [0.25, 0.3) is 0 Å². The SMILES string of the molecule is FC(F)(F)c1ccc(CC(Cl)c2ccoc2Br)cc1. The Balaban J connectivity index is 2.10. The number of alkyl halides is 4. The third-order valence-corrected chi connectivity index (χ3v) is 3.71.